The zero-order valence-corrected chi connectivity index (χ0v) is 22.5. The first-order valence-electron chi connectivity index (χ1n) is 12.0. The van der Waals surface area contributed by atoms with Crippen molar-refractivity contribution in [3.63, 3.8) is 0 Å². The largest absolute Gasteiger partial charge is 0.493 e. The topological polar surface area (TPSA) is 110 Å². The van der Waals surface area contributed by atoms with Crippen molar-refractivity contribution in [2.75, 3.05) is 34.9 Å². The first kappa shape index (κ1) is 30.8. The van der Waals surface area contributed by atoms with E-state index in [-0.39, 0.29) is 5.92 Å². The Morgan fingerprint density at radius 3 is 2.17 bits per heavy atom. The number of benzene rings is 2. The van der Waals surface area contributed by atoms with E-state index in [0.717, 1.165) is 42.9 Å². The van der Waals surface area contributed by atoms with Crippen molar-refractivity contribution in [1.82, 2.24) is 5.32 Å². The normalized spacial score (nSPS) is 13.0. The van der Waals surface area contributed by atoms with Crippen molar-refractivity contribution in [3.8, 4) is 23.3 Å². The van der Waals surface area contributed by atoms with Crippen molar-refractivity contribution in [2.24, 2.45) is 5.92 Å². The van der Waals surface area contributed by atoms with Crippen molar-refractivity contribution in [2.45, 2.75) is 51.7 Å². The molecule has 2 aromatic rings. The number of nitrogens with zero attached hydrogens (tertiary/aromatic N) is 1. The number of aliphatic carboxylic acids is 1. The van der Waals surface area contributed by atoms with Crippen LogP contribution in [-0.2, 0) is 21.4 Å². The minimum atomic E-state index is -1.34. The van der Waals surface area contributed by atoms with Crippen molar-refractivity contribution < 1.29 is 28.8 Å². The highest BCUT2D eigenvalue weighted by molar-refractivity contribution is 5.71. The van der Waals surface area contributed by atoms with E-state index in [4.69, 9.17) is 24.1 Å². The van der Waals surface area contributed by atoms with E-state index in [2.05, 4.69) is 24.4 Å². The van der Waals surface area contributed by atoms with Gasteiger partial charge < -0.3 is 29.4 Å². The fourth-order valence-electron chi connectivity index (χ4n) is 3.87. The summed E-state index contributed by atoms with van der Waals surface area (Å²) in [6.07, 6.45) is 1.34. The van der Waals surface area contributed by atoms with E-state index in [9.17, 15) is 10.1 Å². The van der Waals surface area contributed by atoms with Gasteiger partial charge in [0, 0.05) is 7.11 Å². The number of ether oxygens (including phenoxy) is 4. The van der Waals surface area contributed by atoms with Gasteiger partial charge in [-0.1, -0.05) is 45.4 Å². The maximum absolute atomic E-state index is 10.9. The predicted molar refractivity (Wildman–Crippen MR) is 140 cm³/mol. The Kier molecular flexibility index (Phi) is 13.4. The number of methoxy groups -OCH3 is 3. The number of likely N-dealkylation sites (N-methyl/N-ethyl adjacent to an activating group) is 1. The summed E-state index contributed by atoms with van der Waals surface area (Å²) in [4.78, 5) is 10.9. The molecular formula is C28H40N2O6. The van der Waals surface area contributed by atoms with Crippen LogP contribution in [0.2, 0.25) is 0 Å². The van der Waals surface area contributed by atoms with Gasteiger partial charge in [0.15, 0.2) is 11.5 Å². The van der Waals surface area contributed by atoms with Crippen LogP contribution in [0.1, 0.15) is 44.7 Å². The van der Waals surface area contributed by atoms with Gasteiger partial charge >= 0.3 is 5.97 Å². The zero-order valence-electron chi connectivity index (χ0n) is 22.5. The summed E-state index contributed by atoms with van der Waals surface area (Å²) in [6, 6.07) is 15.5. The summed E-state index contributed by atoms with van der Waals surface area (Å²) in [5, 5.41) is 21.7. The van der Waals surface area contributed by atoms with E-state index in [1.54, 1.807) is 26.4 Å². The highest BCUT2D eigenvalue weighted by Gasteiger charge is 2.35. The molecule has 198 valence electrons. The Bertz CT molecular complexity index is 971. The monoisotopic (exact) mass is 500 g/mol. The van der Waals surface area contributed by atoms with Gasteiger partial charge in [-0.15, -0.1) is 0 Å². The maximum atomic E-state index is 10.9. The number of rotatable bonds is 13. The molecule has 0 heterocycles. The van der Waals surface area contributed by atoms with Gasteiger partial charge in [0.25, 0.3) is 6.29 Å². The number of carboxylic acids is 1. The number of hydrogen-bond acceptors (Lipinski definition) is 7. The molecule has 0 saturated carbocycles. The maximum Gasteiger partial charge on any atom is 0.373 e. The third-order valence-corrected chi connectivity index (χ3v) is 5.97. The SMILES string of the molecule is CCCC(C#N)(c1ccc(OC(OC)C(=O)O)cc1)C(C)C.CNCCc1ccc(OC)c(OC)c1. The summed E-state index contributed by atoms with van der Waals surface area (Å²) in [6.45, 7) is 7.10. The number of carbonyl (C=O) groups is 1. The lowest BCUT2D eigenvalue weighted by Crippen LogP contribution is -2.31. The smallest absolute Gasteiger partial charge is 0.373 e. The molecule has 0 spiro atoms. The molecule has 0 aliphatic carbocycles. The van der Waals surface area contributed by atoms with Crippen molar-refractivity contribution in [1.29, 1.82) is 5.26 Å². The lowest BCUT2D eigenvalue weighted by atomic mass is 9.70. The Labute approximate surface area is 215 Å². The molecule has 0 fully saturated rings. The average Bonchev–Trinajstić information content (AvgIpc) is 2.89. The number of nitrogens with one attached hydrogen (secondary N) is 1. The van der Waals surface area contributed by atoms with Gasteiger partial charge in [0.2, 0.25) is 0 Å². The number of hydrogen-bond donors (Lipinski definition) is 2. The van der Waals surface area contributed by atoms with Crippen LogP contribution < -0.4 is 19.5 Å². The van der Waals surface area contributed by atoms with E-state index in [1.807, 2.05) is 45.2 Å². The second kappa shape index (κ2) is 15.7. The Hall–Kier alpha value is -3.28. The first-order chi connectivity index (χ1) is 17.2. The van der Waals surface area contributed by atoms with Crippen LogP contribution in [0.15, 0.2) is 42.5 Å². The van der Waals surface area contributed by atoms with Crippen LogP contribution in [0.5, 0.6) is 17.2 Å². The lowest BCUT2D eigenvalue weighted by Gasteiger charge is -2.31. The molecule has 0 amide bonds. The summed E-state index contributed by atoms with van der Waals surface area (Å²) in [5.74, 6) is 0.952. The third-order valence-electron chi connectivity index (χ3n) is 5.97. The van der Waals surface area contributed by atoms with E-state index in [0.29, 0.717) is 5.75 Å². The molecule has 8 heteroatoms. The van der Waals surface area contributed by atoms with Gasteiger partial charge in [0.05, 0.1) is 25.7 Å². The van der Waals surface area contributed by atoms with Crippen LogP contribution in [0, 0.1) is 17.2 Å². The second-order valence-corrected chi connectivity index (χ2v) is 8.58. The summed E-state index contributed by atoms with van der Waals surface area (Å²) >= 11 is 0. The van der Waals surface area contributed by atoms with Gasteiger partial charge in [-0.2, -0.15) is 5.26 Å². The first-order valence-corrected chi connectivity index (χ1v) is 12.0. The molecule has 0 aromatic heterocycles. The lowest BCUT2D eigenvalue weighted by molar-refractivity contribution is -0.166. The third kappa shape index (κ3) is 8.43. The minimum Gasteiger partial charge on any atom is -0.493 e. The summed E-state index contributed by atoms with van der Waals surface area (Å²) < 4.78 is 20.3. The van der Waals surface area contributed by atoms with Crippen LogP contribution >= 0.6 is 0 Å². The minimum absolute atomic E-state index is 0.176. The molecule has 2 unspecified atom stereocenters. The Balaban J connectivity index is 0.000000397. The molecule has 2 rings (SSSR count). The quantitative estimate of drug-likeness (QED) is 0.377. The molecule has 2 aromatic carbocycles. The van der Waals surface area contributed by atoms with Crippen molar-refractivity contribution >= 4 is 5.97 Å². The standard InChI is InChI=1S/C17H23NO4.C11H17NO2/c1-5-10-17(11-18,12(2)3)13-6-8-14(9-7-13)22-16(21-4)15(19)20;1-12-7-6-9-4-5-10(13-2)11(8-9)14-3/h6-9,12,16H,5,10H2,1-4H3,(H,19,20);4-5,8,12H,6-7H2,1-3H3. The van der Waals surface area contributed by atoms with Crippen LogP contribution in [0.4, 0.5) is 0 Å². The molecule has 2 N–H and O–H groups in total. The highest BCUT2D eigenvalue weighted by Crippen LogP contribution is 2.37. The Morgan fingerprint density at radius 1 is 1.08 bits per heavy atom. The number of nitriles is 1. The predicted octanol–water partition coefficient (Wildman–Crippen LogP) is 4.81. The molecule has 2 atom stereocenters. The molecular weight excluding hydrogens is 460 g/mol. The van der Waals surface area contributed by atoms with Crippen LogP contribution in [0.25, 0.3) is 0 Å². The van der Waals surface area contributed by atoms with Crippen LogP contribution in [-0.4, -0.2) is 52.3 Å². The average molecular weight is 501 g/mol. The van der Waals surface area contributed by atoms with E-state index in [1.165, 1.54) is 12.7 Å². The van der Waals surface area contributed by atoms with E-state index >= 15 is 0 Å². The number of carboxylic acid groups (broad SMARTS) is 1. The molecule has 0 saturated heterocycles. The van der Waals surface area contributed by atoms with E-state index < -0.39 is 17.7 Å². The fraction of sp³-hybridized carbons (Fsp3) is 0.500. The highest BCUT2D eigenvalue weighted by atomic mass is 16.7. The van der Waals surface area contributed by atoms with Gasteiger partial charge in [-0.05, 0) is 67.7 Å². The molecule has 0 aliphatic heterocycles. The van der Waals surface area contributed by atoms with Gasteiger partial charge in [0.1, 0.15) is 5.75 Å². The summed E-state index contributed by atoms with van der Waals surface area (Å²) in [7, 11) is 6.51. The fourth-order valence-corrected chi connectivity index (χ4v) is 3.87. The second-order valence-electron chi connectivity index (χ2n) is 8.58. The van der Waals surface area contributed by atoms with Crippen molar-refractivity contribution in [3.05, 3.63) is 53.6 Å². The molecule has 0 bridgehead atoms. The zero-order chi connectivity index (χ0) is 27.1. The summed E-state index contributed by atoms with van der Waals surface area (Å²) in [5.41, 5.74) is 1.63. The molecule has 8 nitrogen and oxygen atoms in total. The van der Waals surface area contributed by atoms with Crippen LogP contribution in [0.3, 0.4) is 0 Å². The molecule has 0 aliphatic rings. The van der Waals surface area contributed by atoms with Gasteiger partial charge in [-0.25, -0.2) is 4.79 Å². The Morgan fingerprint density at radius 2 is 1.72 bits per heavy atom. The molecule has 36 heavy (non-hydrogen) atoms. The molecule has 0 radical (unpaired) electrons. The van der Waals surface area contributed by atoms with Gasteiger partial charge in [-0.3, -0.25) is 0 Å².